The van der Waals surface area contributed by atoms with Crippen molar-refractivity contribution >= 4 is 31.7 Å². The highest BCUT2D eigenvalue weighted by Crippen LogP contribution is 2.46. The first-order valence-corrected chi connectivity index (χ1v) is 11.9. The third-order valence-electron chi connectivity index (χ3n) is 6.26. The molecule has 1 aromatic rings. The van der Waals surface area contributed by atoms with E-state index >= 15 is 0 Å². The molecular formula is C21H21BrN2O3S. The van der Waals surface area contributed by atoms with Crippen LogP contribution in [0.15, 0.2) is 64.3 Å². The van der Waals surface area contributed by atoms with Gasteiger partial charge >= 0.3 is 0 Å². The zero-order chi connectivity index (χ0) is 19.5. The Bertz CT molecular complexity index is 1020. The summed E-state index contributed by atoms with van der Waals surface area (Å²) in [6.45, 7) is 1.03. The lowest BCUT2D eigenvalue weighted by atomic mass is 9.74. The number of fused-ring (bicyclic) bond motifs is 2. The highest BCUT2D eigenvalue weighted by molar-refractivity contribution is 9.10. The molecule has 4 aliphatic rings. The summed E-state index contributed by atoms with van der Waals surface area (Å²) in [5, 5.41) is 2.44. The number of hydrogen-bond donors (Lipinski definition) is 1. The van der Waals surface area contributed by atoms with E-state index in [9.17, 15) is 13.2 Å². The summed E-state index contributed by atoms with van der Waals surface area (Å²) in [4.78, 5) is 13.3. The minimum atomic E-state index is -3.62. The van der Waals surface area contributed by atoms with Gasteiger partial charge in [-0.1, -0.05) is 46.3 Å². The molecule has 7 heteroatoms. The van der Waals surface area contributed by atoms with Crippen molar-refractivity contribution in [3.63, 3.8) is 0 Å². The van der Waals surface area contributed by atoms with E-state index in [4.69, 9.17) is 0 Å². The zero-order valence-corrected chi connectivity index (χ0v) is 17.6. The molecule has 4 atom stereocenters. The number of benzene rings is 1. The molecule has 0 spiro atoms. The SMILES string of the molecule is O=C1C2=C(C=CC1S(=O)(=O)N1CCC1)NC(c1ccc(Br)cc1)C1CC=CC21. The molecule has 2 aliphatic carbocycles. The molecule has 0 amide bonds. The van der Waals surface area contributed by atoms with E-state index in [0.717, 1.165) is 23.0 Å². The van der Waals surface area contributed by atoms with Gasteiger partial charge in [-0.2, -0.15) is 0 Å². The summed E-state index contributed by atoms with van der Waals surface area (Å²) in [5.41, 5.74) is 2.56. The molecule has 0 radical (unpaired) electrons. The molecule has 0 bridgehead atoms. The second kappa shape index (κ2) is 6.68. The van der Waals surface area contributed by atoms with Crippen LogP contribution in [0.2, 0.25) is 0 Å². The number of allylic oxidation sites excluding steroid dienone is 4. The lowest BCUT2D eigenvalue weighted by molar-refractivity contribution is -0.115. The maximum Gasteiger partial charge on any atom is 0.228 e. The monoisotopic (exact) mass is 460 g/mol. The molecule has 28 heavy (non-hydrogen) atoms. The normalized spacial score (nSPS) is 32.0. The van der Waals surface area contributed by atoms with Gasteiger partial charge in [-0.15, -0.1) is 0 Å². The van der Waals surface area contributed by atoms with E-state index in [2.05, 4.69) is 45.5 Å². The van der Waals surface area contributed by atoms with E-state index in [-0.39, 0.29) is 23.7 Å². The van der Waals surface area contributed by atoms with Gasteiger partial charge < -0.3 is 5.32 Å². The second-order valence-corrected chi connectivity index (χ2v) is 10.8. The number of nitrogens with one attached hydrogen (secondary N) is 1. The molecule has 146 valence electrons. The van der Waals surface area contributed by atoms with Gasteiger partial charge in [0.15, 0.2) is 11.0 Å². The van der Waals surface area contributed by atoms with E-state index in [0.29, 0.717) is 18.7 Å². The summed E-state index contributed by atoms with van der Waals surface area (Å²) >= 11 is 3.48. The topological polar surface area (TPSA) is 66.5 Å². The lowest BCUT2D eigenvalue weighted by Gasteiger charge is -2.41. The fourth-order valence-electron chi connectivity index (χ4n) is 4.65. The van der Waals surface area contributed by atoms with Gasteiger partial charge in [0.25, 0.3) is 0 Å². The first-order valence-electron chi connectivity index (χ1n) is 9.61. The summed E-state index contributed by atoms with van der Waals surface area (Å²) in [5.74, 6) is -0.105. The van der Waals surface area contributed by atoms with E-state index in [1.54, 1.807) is 12.2 Å². The highest BCUT2D eigenvalue weighted by Gasteiger charge is 2.47. The molecule has 1 aromatic carbocycles. The predicted octanol–water partition coefficient (Wildman–Crippen LogP) is 3.08. The Balaban J connectivity index is 1.51. The van der Waals surface area contributed by atoms with Crippen LogP contribution in [0.3, 0.4) is 0 Å². The number of rotatable bonds is 3. The minimum absolute atomic E-state index is 0.0450. The smallest absolute Gasteiger partial charge is 0.228 e. The average molecular weight is 461 g/mol. The summed E-state index contributed by atoms with van der Waals surface area (Å²) in [6, 6.07) is 8.32. The molecule has 5 nitrogen and oxygen atoms in total. The third kappa shape index (κ3) is 2.75. The standard InChI is InChI=1S/C21H21BrN2O3S/c22-14-7-5-13(6-8-14)20-16-4-1-3-15(16)19-17(23-20)9-10-18(21(19)25)28(26,27)24-11-2-12-24/h1,3,5-10,15-16,18,20,23H,2,4,11-12H2. The molecule has 4 unspecified atom stereocenters. The molecule has 0 saturated carbocycles. The lowest BCUT2D eigenvalue weighted by Crippen LogP contribution is -2.51. The fourth-order valence-corrected chi connectivity index (χ4v) is 6.68. The van der Waals surface area contributed by atoms with Gasteiger partial charge in [-0.05, 0) is 42.5 Å². The Morgan fingerprint density at radius 1 is 1.11 bits per heavy atom. The van der Waals surface area contributed by atoms with Crippen LogP contribution >= 0.6 is 15.9 Å². The van der Waals surface area contributed by atoms with Gasteiger partial charge in [0, 0.05) is 34.8 Å². The Labute approximate surface area is 173 Å². The maximum atomic E-state index is 13.3. The number of Topliss-reactive ketones (excluding diaryl/α,β-unsaturated/α-hetero) is 1. The fraction of sp³-hybridized carbons (Fsp3) is 0.381. The van der Waals surface area contributed by atoms with Crippen molar-refractivity contribution in [3.05, 3.63) is 69.9 Å². The molecule has 1 fully saturated rings. The van der Waals surface area contributed by atoms with Crippen LogP contribution in [0.1, 0.15) is 24.4 Å². The number of halogens is 1. The van der Waals surface area contributed by atoms with Crippen LogP contribution in [0.5, 0.6) is 0 Å². The van der Waals surface area contributed by atoms with Crippen LogP contribution in [0.4, 0.5) is 0 Å². The van der Waals surface area contributed by atoms with Crippen LogP contribution < -0.4 is 5.32 Å². The molecule has 0 aromatic heterocycles. The summed E-state index contributed by atoms with van der Waals surface area (Å²) < 4.78 is 28.2. The Hall–Kier alpha value is -1.70. The van der Waals surface area contributed by atoms with Crippen molar-refractivity contribution in [2.45, 2.75) is 24.1 Å². The first kappa shape index (κ1) is 18.3. The highest BCUT2D eigenvalue weighted by atomic mass is 79.9. The second-order valence-electron chi connectivity index (χ2n) is 7.80. The van der Waals surface area contributed by atoms with E-state index in [1.165, 1.54) is 9.87 Å². The summed E-state index contributed by atoms with van der Waals surface area (Å²) in [7, 11) is -3.62. The van der Waals surface area contributed by atoms with Crippen molar-refractivity contribution in [1.29, 1.82) is 0 Å². The van der Waals surface area contributed by atoms with Crippen LogP contribution in [-0.2, 0) is 14.8 Å². The quantitative estimate of drug-likeness (QED) is 0.703. The van der Waals surface area contributed by atoms with E-state index < -0.39 is 15.3 Å². The Morgan fingerprint density at radius 2 is 1.86 bits per heavy atom. The average Bonchev–Trinajstić information content (AvgIpc) is 3.09. The van der Waals surface area contributed by atoms with Crippen molar-refractivity contribution in [3.8, 4) is 0 Å². The molecular weight excluding hydrogens is 440 g/mol. The maximum absolute atomic E-state index is 13.3. The van der Waals surface area contributed by atoms with Gasteiger partial charge in [0.1, 0.15) is 0 Å². The third-order valence-corrected chi connectivity index (χ3v) is 8.89. The Kier molecular flexibility index (Phi) is 4.37. The molecule has 1 saturated heterocycles. The minimum Gasteiger partial charge on any atom is -0.378 e. The Morgan fingerprint density at radius 3 is 2.54 bits per heavy atom. The number of ketones is 1. The van der Waals surface area contributed by atoms with Crippen molar-refractivity contribution in [1.82, 2.24) is 9.62 Å². The summed E-state index contributed by atoms with van der Waals surface area (Å²) in [6.07, 6.45) is 9.28. The van der Waals surface area contributed by atoms with Crippen molar-refractivity contribution in [2.24, 2.45) is 11.8 Å². The van der Waals surface area contributed by atoms with Crippen LogP contribution in [0.25, 0.3) is 0 Å². The van der Waals surface area contributed by atoms with Gasteiger partial charge in [-0.25, -0.2) is 12.7 Å². The number of hydrogen-bond acceptors (Lipinski definition) is 4. The van der Waals surface area contributed by atoms with E-state index in [1.807, 2.05) is 12.1 Å². The largest absolute Gasteiger partial charge is 0.378 e. The van der Waals surface area contributed by atoms with Gasteiger partial charge in [-0.3, -0.25) is 4.79 Å². The van der Waals surface area contributed by atoms with Crippen LogP contribution in [-0.4, -0.2) is 36.8 Å². The predicted molar refractivity (Wildman–Crippen MR) is 111 cm³/mol. The van der Waals surface area contributed by atoms with Crippen molar-refractivity contribution < 1.29 is 13.2 Å². The molecule has 5 rings (SSSR count). The molecule has 2 aliphatic heterocycles. The molecule has 2 heterocycles. The number of sulfonamides is 1. The first-order chi connectivity index (χ1) is 13.5. The van der Waals surface area contributed by atoms with Crippen molar-refractivity contribution in [2.75, 3.05) is 13.1 Å². The number of nitrogens with zero attached hydrogens (tertiary/aromatic N) is 1. The van der Waals surface area contributed by atoms with Crippen LogP contribution in [0, 0.1) is 11.8 Å². The van der Waals surface area contributed by atoms with Gasteiger partial charge in [0.2, 0.25) is 10.0 Å². The molecule has 1 N–H and O–H groups in total. The van der Waals surface area contributed by atoms with Gasteiger partial charge in [0.05, 0.1) is 6.04 Å². The number of carbonyl (C=O) groups is 1. The number of carbonyl (C=O) groups excluding carboxylic acids is 1. The zero-order valence-electron chi connectivity index (χ0n) is 15.2.